The van der Waals surface area contributed by atoms with Crippen molar-refractivity contribution in [1.29, 1.82) is 0 Å². The fraction of sp³-hybridized carbons (Fsp3) is 0.421. The van der Waals surface area contributed by atoms with Gasteiger partial charge in [0.15, 0.2) is 0 Å². The second kappa shape index (κ2) is 8.46. The number of nitrogens with one attached hydrogen (secondary N) is 1. The molecule has 1 aliphatic rings. The third kappa shape index (κ3) is 4.92. The van der Waals surface area contributed by atoms with Crippen molar-refractivity contribution in [1.82, 2.24) is 0 Å². The van der Waals surface area contributed by atoms with Gasteiger partial charge in [-0.1, -0.05) is 31.2 Å². The number of carboxylic acid groups (broad SMARTS) is 1. The second-order valence-corrected chi connectivity index (χ2v) is 6.17. The van der Waals surface area contributed by atoms with E-state index in [2.05, 4.69) is 5.32 Å². The summed E-state index contributed by atoms with van der Waals surface area (Å²) < 4.78 is 5.38. The van der Waals surface area contributed by atoms with E-state index in [4.69, 9.17) is 4.74 Å². The van der Waals surface area contributed by atoms with Crippen molar-refractivity contribution in [3.8, 4) is 0 Å². The monoisotopic (exact) mass is 344 g/mol. The van der Waals surface area contributed by atoms with Crippen LogP contribution in [0.1, 0.15) is 43.5 Å². The van der Waals surface area contributed by atoms with E-state index in [1.54, 1.807) is 6.07 Å². The first-order valence-corrected chi connectivity index (χ1v) is 8.40. The summed E-state index contributed by atoms with van der Waals surface area (Å²) in [6.45, 7) is 3.74. The number of benzene rings is 1. The lowest BCUT2D eigenvalue weighted by Crippen LogP contribution is -2.36. The van der Waals surface area contributed by atoms with Crippen molar-refractivity contribution >= 4 is 23.5 Å². The molecule has 0 heterocycles. The number of hydrogen-bond donors (Lipinski definition) is 1. The van der Waals surface area contributed by atoms with Gasteiger partial charge in [-0.05, 0) is 43.9 Å². The molecule has 25 heavy (non-hydrogen) atoms. The highest BCUT2D eigenvalue weighted by Crippen LogP contribution is 2.29. The smallest absolute Gasteiger partial charge is 0.310 e. The van der Waals surface area contributed by atoms with Gasteiger partial charge in [-0.15, -0.1) is 0 Å². The lowest BCUT2D eigenvalue weighted by molar-refractivity contribution is -0.255. The summed E-state index contributed by atoms with van der Waals surface area (Å²) in [6, 6.07) is 5.84. The molecule has 0 saturated carbocycles. The molecule has 1 aliphatic carbocycles. The Kier molecular flexibility index (Phi) is 6.33. The lowest BCUT2D eigenvalue weighted by atomic mass is 9.82. The summed E-state index contributed by atoms with van der Waals surface area (Å²) in [7, 11) is 0. The van der Waals surface area contributed by atoms with E-state index in [1.165, 1.54) is 18.2 Å². The van der Waals surface area contributed by atoms with Crippen LogP contribution in [0.3, 0.4) is 0 Å². The normalized spacial score (nSPS) is 20.6. The highest BCUT2D eigenvalue weighted by atomic mass is 16.5. The summed E-state index contributed by atoms with van der Waals surface area (Å²) in [5, 5.41) is 13.6. The molecular formula is C19H22NO5-. The van der Waals surface area contributed by atoms with E-state index in [-0.39, 0.29) is 23.5 Å². The predicted octanol–water partition coefficient (Wildman–Crippen LogP) is 1.91. The van der Waals surface area contributed by atoms with Crippen molar-refractivity contribution in [2.75, 3.05) is 5.32 Å². The molecule has 0 bridgehead atoms. The topological polar surface area (TPSA) is 95.5 Å². The minimum atomic E-state index is -1.31. The van der Waals surface area contributed by atoms with Crippen LogP contribution in [0.25, 0.3) is 0 Å². The maximum absolute atomic E-state index is 12.6. The van der Waals surface area contributed by atoms with Crippen molar-refractivity contribution in [2.24, 2.45) is 11.8 Å². The summed E-state index contributed by atoms with van der Waals surface area (Å²) in [5.41, 5.74) is 0.337. The van der Waals surface area contributed by atoms with Gasteiger partial charge in [-0.25, -0.2) is 0 Å². The SMILES string of the molecule is CC[C@H](C)OC(=O)[C@H]1CC=CC[C@@H]1C(=O)Nc1cccc(C(=O)[O-])c1. The van der Waals surface area contributed by atoms with E-state index >= 15 is 0 Å². The number of anilines is 1. The number of carboxylic acids is 1. The Hall–Kier alpha value is -2.63. The third-order valence-corrected chi connectivity index (χ3v) is 4.33. The summed E-state index contributed by atoms with van der Waals surface area (Å²) in [6.07, 6.45) is 5.15. The molecule has 0 aromatic heterocycles. The van der Waals surface area contributed by atoms with E-state index in [9.17, 15) is 19.5 Å². The average molecular weight is 344 g/mol. The highest BCUT2D eigenvalue weighted by molar-refractivity contribution is 5.97. The zero-order chi connectivity index (χ0) is 18.4. The Morgan fingerprint density at radius 2 is 1.92 bits per heavy atom. The van der Waals surface area contributed by atoms with Crippen LogP contribution in [-0.2, 0) is 14.3 Å². The molecule has 2 rings (SSSR count). The van der Waals surface area contributed by atoms with Gasteiger partial charge in [-0.2, -0.15) is 0 Å². The molecule has 1 aromatic rings. The molecule has 0 saturated heterocycles. The van der Waals surface area contributed by atoms with Crippen LogP contribution in [0.5, 0.6) is 0 Å². The molecule has 134 valence electrons. The number of rotatable bonds is 6. The molecular weight excluding hydrogens is 322 g/mol. The molecule has 0 radical (unpaired) electrons. The third-order valence-electron chi connectivity index (χ3n) is 4.33. The van der Waals surface area contributed by atoms with Gasteiger partial charge in [0.1, 0.15) is 0 Å². The van der Waals surface area contributed by atoms with E-state index in [0.717, 1.165) is 0 Å². The van der Waals surface area contributed by atoms with E-state index < -0.39 is 17.8 Å². The van der Waals surface area contributed by atoms with Gasteiger partial charge in [0.05, 0.1) is 23.9 Å². The molecule has 0 spiro atoms. The van der Waals surface area contributed by atoms with Crippen LogP contribution in [0.4, 0.5) is 5.69 Å². The number of hydrogen-bond acceptors (Lipinski definition) is 5. The molecule has 0 unspecified atom stereocenters. The van der Waals surface area contributed by atoms with Gasteiger partial charge in [0.2, 0.25) is 5.91 Å². The van der Waals surface area contributed by atoms with Crippen molar-refractivity contribution in [3.05, 3.63) is 42.0 Å². The molecule has 1 amide bonds. The van der Waals surface area contributed by atoms with Crippen LogP contribution in [0.2, 0.25) is 0 Å². The molecule has 3 atom stereocenters. The number of amides is 1. The van der Waals surface area contributed by atoms with Crippen LogP contribution in [-0.4, -0.2) is 23.9 Å². The largest absolute Gasteiger partial charge is 0.545 e. The van der Waals surface area contributed by atoms with Crippen LogP contribution < -0.4 is 10.4 Å². The molecule has 6 heteroatoms. The lowest BCUT2D eigenvalue weighted by Gasteiger charge is -2.27. The average Bonchev–Trinajstić information content (AvgIpc) is 2.61. The molecule has 1 aromatic carbocycles. The number of esters is 1. The van der Waals surface area contributed by atoms with Crippen LogP contribution >= 0.6 is 0 Å². The first-order chi connectivity index (χ1) is 11.9. The number of allylic oxidation sites excluding steroid dienone is 2. The summed E-state index contributed by atoms with van der Waals surface area (Å²) in [4.78, 5) is 35.9. The van der Waals surface area contributed by atoms with E-state index in [0.29, 0.717) is 24.9 Å². The molecule has 6 nitrogen and oxygen atoms in total. The van der Waals surface area contributed by atoms with E-state index in [1.807, 2.05) is 26.0 Å². The zero-order valence-corrected chi connectivity index (χ0v) is 14.4. The van der Waals surface area contributed by atoms with Gasteiger partial charge in [0, 0.05) is 5.69 Å². The maximum atomic E-state index is 12.6. The van der Waals surface area contributed by atoms with Crippen molar-refractivity contribution in [3.63, 3.8) is 0 Å². The van der Waals surface area contributed by atoms with Crippen molar-refractivity contribution in [2.45, 2.75) is 39.2 Å². The Morgan fingerprint density at radius 1 is 1.24 bits per heavy atom. The van der Waals surface area contributed by atoms with Crippen LogP contribution in [0.15, 0.2) is 36.4 Å². The zero-order valence-electron chi connectivity index (χ0n) is 14.4. The summed E-state index contributed by atoms with van der Waals surface area (Å²) >= 11 is 0. The minimum Gasteiger partial charge on any atom is -0.545 e. The Labute approximate surface area is 146 Å². The van der Waals surface area contributed by atoms with Crippen molar-refractivity contribution < 1.29 is 24.2 Å². The first kappa shape index (κ1) is 18.7. The number of aromatic carboxylic acids is 1. The van der Waals surface area contributed by atoms with Crippen LogP contribution in [0, 0.1) is 11.8 Å². The molecule has 0 fully saturated rings. The number of carbonyl (C=O) groups is 3. The maximum Gasteiger partial charge on any atom is 0.310 e. The van der Waals surface area contributed by atoms with Gasteiger partial charge in [0.25, 0.3) is 0 Å². The van der Waals surface area contributed by atoms with Gasteiger partial charge >= 0.3 is 5.97 Å². The fourth-order valence-corrected chi connectivity index (χ4v) is 2.69. The quantitative estimate of drug-likeness (QED) is 0.628. The Balaban J connectivity index is 2.10. The fourth-order valence-electron chi connectivity index (χ4n) is 2.69. The Bertz CT molecular complexity index is 682. The standard InChI is InChI=1S/C19H23NO5/c1-3-12(2)25-19(24)16-10-5-4-9-15(16)17(21)20-14-8-6-7-13(11-14)18(22)23/h4-8,11-12,15-16H,3,9-10H2,1-2H3,(H,20,21)(H,22,23)/p-1/t12-,15-,16-/m0/s1. The van der Waals surface area contributed by atoms with Gasteiger partial charge < -0.3 is 20.0 Å². The second-order valence-electron chi connectivity index (χ2n) is 6.17. The number of carbonyl (C=O) groups excluding carboxylic acids is 3. The molecule has 0 aliphatic heterocycles. The first-order valence-electron chi connectivity index (χ1n) is 8.40. The predicted molar refractivity (Wildman–Crippen MR) is 90.6 cm³/mol. The Morgan fingerprint density at radius 3 is 2.56 bits per heavy atom. The molecule has 1 N–H and O–H groups in total. The minimum absolute atomic E-state index is 0.0194. The highest BCUT2D eigenvalue weighted by Gasteiger charge is 2.35. The van der Waals surface area contributed by atoms with Gasteiger partial charge in [-0.3, -0.25) is 9.59 Å². The number of ether oxygens (including phenoxy) is 1. The summed E-state index contributed by atoms with van der Waals surface area (Å²) in [5.74, 6) is -3.10.